The van der Waals surface area contributed by atoms with Gasteiger partial charge in [0, 0.05) is 31.0 Å². The topological polar surface area (TPSA) is 97.4 Å². The van der Waals surface area contributed by atoms with E-state index in [9.17, 15) is 9.59 Å². The van der Waals surface area contributed by atoms with E-state index in [1.807, 2.05) is 43.6 Å². The number of carbonyl (C=O) groups excluding carboxylic acids is 2. The van der Waals surface area contributed by atoms with Crippen LogP contribution in [0.4, 0.5) is 5.82 Å². The summed E-state index contributed by atoms with van der Waals surface area (Å²) in [6.45, 7) is 0.548. The van der Waals surface area contributed by atoms with Crippen LogP contribution in [0.25, 0.3) is 6.08 Å². The van der Waals surface area contributed by atoms with Crippen molar-refractivity contribution in [3.63, 3.8) is 0 Å². The predicted molar refractivity (Wildman–Crippen MR) is 132 cm³/mol. The molecule has 1 aliphatic heterocycles. The Bertz CT molecular complexity index is 1290. The third-order valence-corrected chi connectivity index (χ3v) is 6.52. The Kier molecular flexibility index (Phi) is 6.25. The van der Waals surface area contributed by atoms with Crippen molar-refractivity contribution in [2.45, 2.75) is 25.4 Å². The normalized spacial score (nSPS) is 16.9. The second kappa shape index (κ2) is 9.47. The number of carbonyl (C=O) groups is 2. The van der Waals surface area contributed by atoms with E-state index in [0.29, 0.717) is 28.2 Å². The summed E-state index contributed by atoms with van der Waals surface area (Å²) in [6, 6.07) is 10.0. The largest absolute Gasteiger partial charge is 0.307 e. The second-order valence-corrected chi connectivity index (χ2v) is 9.47. The number of aromatic nitrogens is 4. The molecule has 11 heteroatoms. The molecule has 2 aliphatic rings. The molecule has 1 fully saturated rings. The summed E-state index contributed by atoms with van der Waals surface area (Å²) in [5.74, 6) is -0.0227. The number of amidine groups is 1. The predicted octanol–water partition coefficient (Wildman–Crippen LogP) is 3.39. The fourth-order valence-corrected chi connectivity index (χ4v) is 4.63. The highest BCUT2D eigenvalue weighted by molar-refractivity contribution is 8.14. The maximum Gasteiger partial charge on any atom is 0.278 e. The molecule has 9 nitrogen and oxygen atoms in total. The fourth-order valence-electron chi connectivity index (χ4n) is 3.57. The number of rotatable bonds is 7. The molecule has 1 aromatic carbocycles. The minimum atomic E-state index is -0.271. The van der Waals surface area contributed by atoms with E-state index in [-0.39, 0.29) is 23.6 Å². The number of amides is 2. The molecular weight excluding hydrogens is 474 g/mol. The van der Waals surface area contributed by atoms with Crippen LogP contribution < -0.4 is 5.32 Å². The van der Waals surface area contributed by atoms with E-state index in [4.69, 9.17) is 11.6 Å². The van der Waals surface area contributed by atoms with Crippen LogP contribution in [0.1, 0.15) is 24.0 Å². The quantitative estimate of drug-likeness (QED) is 0.507. The maximum absolute atomic E-state index is 12.9. The first-order chi connectivity index (χ1) is 16.5. The van der Waals surface area contributed by atoms with Crippen LogP contribution in [0, 0.1) is 0 Å². The molecule has 0 saturated heterocycles. The van der Waals surface area contributed by atoms with Crippen molar-refractivity contribution in [3.05, 3.63) is 70.8 Å². The molecule has 3 aromatic rings. The molecule has 1 N–H and O–H groups in total. The molecule has 0 unspecified atom stereocenters. The van der Waals surface area contributed by atoms with E-state index < -0.39 is 0 Å². The van der Waals surface area contributed by atoms with E-state index in [0.717, 1.165) is 24.0 Å². The summed E-state index contributed by atoms with van der Waals surface area (Å²) >= 11 is 7.51. The highest BCUT2D eigenvalue weighted by atomic mass is 35.5. The van der Waals surface area contributed by atoms with Gasteiger partial charge in [-0.05, 0) is 24.5 Å². The Morgan fingerprint density at radius 3 is 2.76 bits per heavy atom. The monoisotopic (exact) mass is 495 g/mol. The molecule has 1 aliphatic carbocycles. The smallest absolute Gasteiger partial charge is 0.278 e. The van der Waals surface area contributed by atoms with Crippen LogP contribution in [-0.2, 0) is 23.2 Å². The third-order valence-electron chi connectivity index (χ3n) is 5.29. The van der Waals surface area contributed by atoms with Crippen LogP contribution in [-0.4, -0.2) is 53.2 Å². The number of halogens is 1. The number of hydrogen-bond acceptors (Lipinski definition) is 6. The zero-order valence-electron chi connectivity index (χ0n) is 18.4. The summed E-state index contributed by atoms with van der Waals surface area (Å²) < 4.78 is 3.35. The molecule has 1 saturated carbocycles. The van der Waals surface area contributed by atoms with Gasteiger partial charge in [0.2, 0.25) is 5.91 Å². The number of thioether (sulfide) groups is 1. The van der Waals surface area contributed by atoms with Crippen molar-refractivity contribution in [3.8, 4) is 0 Å². The summed E-state index contributed by atoms with van der Waals surface area (Å²) in [6.07, 6.45) is 8.77. The van der Waals surface area contributed by atoms with Gasteiger partial charge in [-0.25, -0.2) is 4.99 Å². The average Bonchev–Trinajstić information content (AvgIpc) is 3.37. The molecule has 0 radical (unpaired) electrons. The van der Waals surface area contributed by atoms with Crippen molar-refractivity contribution in [1.29, 1.82) is 0 Å². The van der Waals surface area contributed by atoms with Gasteiger partial charge in [0.1, 0.15) is 10.7 Å². The second-order valence-electron chi connectivity index (χ2n) is 8.12. The molecule has 0 spiro atoms. The number of aliphatic imine (C=N–C) groups is 1. The Morgan fingerprint density at radius 1 is 1.26 bits per heavy atom. The van der Waals surface area contributed by atoms with Gasteiger partial charge in [0.05, 0.1) is 18.5 Å². The summed E-state index contributed by atoms with van der Waals surface area (Å²) in [4.78, 5) is 31.7. The Morgan fingerprint density at radius 2 is 2.06 bits per heavy atom. The van der Waals surface area contributed by atoms with Crippen molar-refractivity contribution in [2.24, 2.45) is 12.0 Å². The highest BCUT2D eigenvalue weighted by Crippen LogP contribution is 2.35. The lowest BCUT2D eigenvalue weighted by Gasteiger charge is -2.16. The summed E-state index contributed by atoms with van der Waals surface area (Å²) in [5, 5.41) is 12.2. The fraction of sp³-hybridized carbons (Fsp3) is 0.261. The zero-order chi connectivity index (χ0) is 23.7. The highest BCUT2D eigenvalue weighted by Gasteiger charge is 2.41. The first kappa shape index (κ1) is 22.4. The molecule has 3 heterocycles. The maximum atomic E-state index is 12.9. The molecule has 0 atom stereocenters. The van der Waals surface area contributed by atoms with Crippen molar-refractivity contribution in [2.75, 3.05) is 11.1 Å². The standard InChI is InChI=1S/C23H22ClN7O2S/c1-29-11-16(10-25-29)9-19-22(33)31(17-7-8-17)23(26-19)34-14-20(32)27-21-18(24)13-30(28-21)12-15-5-3-2-4-6-15/h2-6,9-11,13,17H,7-8,12,14H2,1H3,(H,27,28,32). The number of anilines is 1. The van der Waals surface area contributed by atoms with Gasteiger partial charge >= 0.3 is 0 Å². The van der Waals surface area contributed by atoms with E-state index in [2.05, 4.69) is 20.5 Å². The minimum absolute atomic E-state index is 0.0807. The van der Waals surface area contributed by atoms with Gasteiger partial charge in [-0.3, -0.25) is 23.9 Å². The average molecular weight is 496 g/mol. The summed E-state index contributed by atoms with van der Waals surface area (Å²) in [7, 11) is 1.81. The molecule has 2 aromatic heterocycles. The van der Waals surface area contributed by atoms with Crippen LogP contribution in [0.3, 0.4) is 0 Å². The van der Waals surface area contributed by atoms with Gasteiger partial charge in [-0.15, -0.1) is 0 Å². The van der Waals surface area contributed by atoms with Crippen molar-refractivity contribution in [1.82, 2.24) is 24.5 Å². The van der Waals surface area contributed by atoms with Crippen molar-refractivity contribution >= 4 is 52.2 Å². The SMILES string of the molecule is Cn1cc(C=C2N=C(SCC(=O)Nc3nn(Cc4ccccc4)cc3Cl)N(C3CC3)C2=O)cn1. The van der Waals surface area contributed by atoms with Gasteiger partial charge < -0.3 is 5.32 Å². The van der Waals surface area contributed by atoms with Crippen LogP contribution in [0.2, 0.25) is 5.02 Å². The third kappa shape index (κ3) is 5.07. The number of hydrogen-bond donors (Lipinski definition) is 1. The lowest BCUT2D eigenvalue weighted by Crippen LogP contribution is -2.33. The lowest BCUT2D eigenvalue weighted by molar-refractivity contribution is -0.123. The van der Waals surface area contributed by atoms with Gasteiger partial charge in [-0.1, -0.05) is 53.7 Å². The van der Waals surface area contributed by atoms with Gasteiger partial charge in [0.25, 0.3) is 5.91 Å². The Hall–Kier alpha value is -3.37. The van der Waals surface area contributed by atoms with Crippen LogP contribution >= 0.6 is 23.4 Å². The lowest BCUT2D eigenvalue weighted by atomic mass is 10.2. The number of nitrogens with one attached hydrogen (secondary N) is 1. The number of nitrogens with zero attached hydrogens (tertiary/aromatic N) is 6. The van der Waals surface area contributed by atoms with E-state index in [1.165, 1.54) is 11.8 Å². The first-order valence-electron chi connectivity index (χ1n) is 10.8. The number of benzene rings is 1. The van der Waals surface area contributed by atoms with Gasteiger partial charge in [0.15, 0.2) is 11.0 Å². The summed E-state index contributed by atoms with van der Waals surface area (Å²) in [5.41, 5.74) is 2.23. The minimum Gasteiger partial charge on any atom is -0.307 e. The van der Waals surface area contributed by atoms with E-state index >= 15 is 0 Å². The molecule has 5 rings (SSSR count). The Balaban J connectivity index is 1.23. The van der Waals surface area contributed by atoms with Crippen molar-refractivity contribution < 1.29 is 9.59 Å². The molecule has 2 amide bonds. The zero-order valence-corrected chi connectivity index (χ0v) is 20.0. The molecule has 0 bridgehead atoms. The van der Waals surface area contributed by atoms with Gasteiger partial charge in [-0.2, -0.15) is 10.2 Å². The number of aryl methyl sites for hydroxylation is 1. The molecule has 34 heavy (non-hydrogen) atoms. The molecule has 174 valence electrons. The first-order valence-corrected chi connectivity index (χ1v) is 12.1. The molecular formula is C23H22ClN7O2S. The van der Waals surface area contributed by atoms with Crippen LogP contribution in [0.15, 0.2) is 59.6 Å². The Labute approximate surface area is 205 Å². The van der Waals surface area contributed by atoms with E-state index in [1.54, 1.807) is 32.7 Å². The van der Waals surface area contributed by atoms with Crippen LogP contribution in [0.5, 0.6) is 0 Å².